The summed E-state index contributed by atoms with van der Waals surface area (Å²) in [6.07, 6.45) is 1.62. The molecule has 3 aromatic rings. The number of primary amides is 1. The third kappa shape index (κ3) is 5.37. The molecular weight excluding hydrogens is 422 g/mol. The molecule has 0 aliphatic carbocycles. The number of carbonyl (C=O) groups is 2. The van der Waals surface area contributed by atoms with Gasteiger partial charge in [-0.25, -0.2) is 0 Å². The summed E-state index contributed by atoms with van der Waals surface area (Å²) in [6.45, 7) is 2.01. The fourth-order valence-corrected chi connectivity index (χ4v) is 3.62. The summed E-state index contributed by atoms with van der Waals surface area (Å²) in [5.74, 6) is 1.34. The highest BCUT2D eigenvalue weighted by Crippen LogP contribution is 2.31. The van der Waals surface area contributed by atoms with Crippen LogP contribution in [0.25, 0.3) is 11.6 Å². The second-order valence-corrected chi connectivity index (χ2v) is 7.77. The van der Waals surface area contributed by atoms with Crippen LogP contribution in [0.2, 0.25) is 0 Å². The van der Waals surface area contributed by atoms with Gasteiger partial charge in [0.1, 0.15) is 11.5 Å². The lowest BCUT2D eigenvalue weighted by atomic mass is 10.2. The van der Waals surface area contributed by atoms with E-state index in [0.29, 0.717) is 33.9 Å². The van der Waals surface area contributed by atoms with Crippen LogP contribution in [0.3, 0.4) is 0 Å². The van der Waals surface area contributed by atoms with E-state index in [0.717, 1.165) is 0 Å². The Morgan fingerprint density at radius 2 is 2.06 bits per heavy atom. The summed E-state index contributed by atoms with van der Waals surface area (Å²) in [6, 6.07) is 8.60. The summed E-state index contributed by atoms with van der Waals surface area (Å²) < 4.78 is 17.6. The maximum atomic E-state index is 12.8. The smallest absolute Gasteiger partial charge is 0.237 e. The molecule has 1 unspecified atom stereocenters. The second-order valence-electron chi connectivity index (χ2n) is 6.47. The van der Waals surface area contributed by atoms with Gasteiger partial charge < -0.3 is 24.9 Å². The van der Waals surface area contributed by atoms with E-state index in [4.69, 9.17) is 19.6 Å². The standard InChI is InChI=1S/C20H23N5O5S/c1-12(19(27)22-14-11-13(28-2)6-7-15(14)29-3)31-20-24-23-18(16-5-4-10-30-16)25(20)9-8-17(21)26/h4-7,10-12H,8-9H2,1-3H3,(H2,21,26)(H,22,27). The highest BCUT2D eigenvalue weighted by Gasteiger charge is 2.23. The van der Waals surface area contributed by atoms with Gasteiger partial charge in [0.2, 0.25) is 11.8 Å². The van der Waals surface area contributed by atoms with Crippen molar-refractivity contribution in [2.75, 3.05) is 19.5 Å². The molecule has 1 aromatic carbocycles. The molecule has 0 saturated heterocycles. The van der Waals surface area contributed by atoms with Crippen molar-refractivity contribution in [1.82, 2.24) is 14.8 Å². The number of rotatable bonds is 10. The van der Waals surface area contributed by atoms with Crippen molar-refractivity contribution in [3.63, 3.8) is 0 Å². The van der Waals surface area contributed by atoms with E-state index in [1.807, 2.05) is 0 Å². The first-order valence-corrected chi connectivity index (χ1v) is 10.3. The number of methoxy groups -OCH3 is 2. The van der Waals surface area contributed by atoms with Crippen LogP contribution in [0.15, 0.2) is 46.2 Å². The Morgan fingerprint density at radius 3 is 2.71 bits per heavy atom. The van der Waals surface area contributed by atoms with Gasteiger partial charge in [0.15, 0.2) is 16.7 Å². The van der Waals surface area contributed by atoms with Crippen LogP contribution in [-0.4, -0.2) is 46.0 Å². The van der Waals surface area contributed by atoms with Crippen molar-refractivity contribution in [1.29, 1.82) is 0 Å². The van der Waals surface area contributed by atoms with Gasteiger partial charge in [0.05, 0.1) is 31.4 Å². The van der Waals surface area contributed by atoms with E-state index in [-0.39, 0.29) is 18.9 Å². The van der Waals surface area contributed by atoms with E-state index in [1.54, 1.807) is 48.9 Å². The quantitative estimate of drug-likeness (QED) is 0.455. The van der Waals surface area contributed by atoms with E-state index in [2.05, 4.69) is 15.5 Å². The molecule has 2 aromatic heterocycles. The number of hydrogen-bond acceptors (Lipinski definition) is 8. The van der Waals surface area contributed by atoms with Gasteiger partial charge in [-0.05, 0) is 31.2 Å². The van der Waals surface area contributed by atoms with Gasteiger partial charge in [0, 0.05) is 19.0 Å². The van der Waals surface area contributed by atoms with Crippen molar-refractivity contribution in [2.24, 2.45) is 5.73 Å². The molecule has 3 N–H and O–H groups in total. The number of nitrogens with one attached hydrogen (secondary N) is 1. The lowest BCUT2D eigenvalue weighted by molar-refractivity contribution is -0.118. The Labute approximate surface area is 183 Å². The van der Waals surface area contributed by atoms with E-state index in [1.165, 1.54) is 25.1 Å². The molecule has 0 radical (unpaired) electrons. The van der Waals surface area contributed by atoms with Crippen LogP contribution in [0.4, 0.5) is 5.69 Å². The summed E-state index contributed by atoms with van der Waals surface area (Å²) in [7, 11) is 3.06. The Kier molecular flexibility index (Phi) is 7.19. The molecule has 0 saturated carbocycles. The lowest BCUT2D eigenvalue weighted by Crippen LogP contribution is -2.23. The van der Waals surface area contributed by atoms with Crippen molar-refractivity contribution >= 4 is 29.3 Å². The predicted molar refractivity (Wildman–Crippen MR) is 115 cm³/mol. The SMILES string of the molecule is COc1ccc(OC)c(NC(=O)C(C)Sc2nnc(-c3ccco3)n2CCC(N)=O)c1. The molecule has 2 heterocycles. The number of amides is 2. The fourth-order valence-electron chi connectivity index (χ4n) is 2.75. The number of carbonyl (C=O) groups excluding carboxylic acids is 2. The average molecular weight is 446 g/mol. The monoisotopic (exact) mass is 445 g/mol. The molecule has 1 atom stereocenters. The maximum absolute atomic E-state index is 12.8. The molecule has 0 bridgehead atoms. The highest BCUT2D eigenvalue weighted by atomic mass is 32.2. The minimum atomic E-state index is -0.531. The van der Waals surface area contributed by atoms with E-state index in [9.17, 15) is 9.59 Å². The van der Waals surface area contributed by atoms with Gasteiger partial charge in [0.25, 0.3) is 0 Å². The van der Waals surface area contributed by atoms with Crippen LogP contribution in [0.1, 0.15) is 13.3 Å². The molecule has 3 rings (SSSR count). The van der Waals surface area contributed by atoms with Gasteiger partial charge in [-0.3, -0.25) is 14.2 Å². The summed E-state index contributed by atoms with van der Waals surface area (Å²) in [5.41, 5.74) is 5.80. The molecule has 0 aliphatic heterocycles. The zero-order chi connectivity index (χ0) is 22.4. The highest BCUT2D eigenvalue weighted by molar-refractivity contribution is 8.00. The summed E-state index contributed by atoms with van der Waals surface area (Å²) >= 11 is 1.20. The van der Waals surface area contributed by atoms with Crippen LogP contribution in [0.5, 0.6) is 11.5 Å². The largest absolute Gasteiger partial charge is 0.497 e. The number of nitrogens with two attached hydrogens (primary N) is 1. The number of thioether (sulfide) groups is 1. The maximum Gasteiger partial charge on any atom is 0.237 e. The summed E-state index contributed by atoms with van der Waals surface area (Å²) in [4.78, 5) is 24.1. The molecule has 2 amide bonds. The third-order valence-electron chi connectivity index (χ3n) is 4.36. The normalized spacial score (nSPS) is 11.7. The Balaban J connectivity index is 1.79. The Bertz CT molecular complexity index is 1050. The Hall–Kier alpha value is -3.47. The van der Waals surface area contributed by atoms with Crippen molar-refractivity contribution in [3.05, 3.63) is 36.6 Å². The van der Waals surface area contributed by atoms with Gasteiger partial charge in [-0.2, -0.15) is 0 Å². The first-order chi connectivity index (χ1) is 14.9. The zero-order valence-corrected chi connectivity index (χ0v) is 18.1. The second kappa shape index (κ2) is 10.0. The van der Waals surface area contributed by atoms with E-state index < -0.39 is 11.2 Å². The third-order valence-corrected chi connectivity index (χ3v) is 5.44. The molecule has 10 nitrogen and oxygen atoms in total. The molecule has 31 heavy (non-hydrogen) atoms. The zero-order valence-electron chi connectivity index (χ0n) is 17.3. The Morgan fingerprint density at radius 1 is 1.26 bits per heavy atom. The molecule has 164 valence electrons. The minimum absolute atomic E-state index is 0.0981. The number of aromatic nitrogens is 3. The predicted octanol–water partition coefficient (Wildman–Crippen LogP) is 2.55. The molecule has 0 fully saturated rings. The number of benzene rings is 1. The van der Waals surface area contributed by atoms with Crippen molar-refractivity contribution in [3.8, 4) is 23.1 Å². The fraction of sp³-hybridized carbons (Fsp3) is 0.300. The molecule has 0 aliphatic rings. The minimum Gasteiger partial charge on any atom is -0.497 e. The number of furan rings is 1. The number of nitrogens with zero attached hydrogens (tertiary/aromatic N) is 3. The lowest BCUT2D eigenvalue weighted by Gasteiger charge is -2.15. The molecular formula is C20H23N5O5S. The number of ether oxygens (including phenoxy) is 2. The van der Waals surface area contributed by atoms with Gasteiger partial charge in [-0.1, -0.05) is 11.8 Å². The first kappa shape index (κ1) is 22.2. The van der Waals surface area contributed by atoms with Gasteiger partial charge >= 0.3 is 0 Å². The molecule has 11 heteroatoms. The van der Waals surface area contributed by atoms with Gasteiger partial charge in [-0.15, -0.1) is 10.2 Å². The first-order valence-electron chi connectivity index (χ1n) is 9.37. The molecule has 0 spiro atoms. The topological polar surface area (TPSA) is 134 Å². The van der Waals surface area contributed by atoms with Crippen LogP contribution < -0.4 is 20.5 Å². The van der Waals surface area contributed by atoms with Crippen LogP contribution >= 0.6 is 11.8 Å². The van der Waals surface area contributed by atoms with Crippen molar-refractivity contribution < 1.29 is 23.5 Å². The van der Waals surface area contributed by atoms with Crippen LogP contribution in [-0.2, 0) is 16.1 Å². The summed E-state index contributed by atoms with van der Waals surface area (Å²) in [5, 5.41) is 11.1. The average Bonchev–Trinajstić information content (AvgIpc) is 3.41. The van der Waals surface area contributed by atoms with Crippen LogP contribution in [0, 0.1) is 0 Å². The van der Waals surface area contributed by atoms with Crippen molar-refractivity contribution in [2.45, 2.75) is 30.3 Å². The van der Waals surface area contributed by atoms with E-state index >= 15 is 0 Å². The number of anilines is 1. The number of hydrogen-bond donors (Lipinski definition) is 2.